The van der Waals surface area contributed by atoms with Gasteiger partial charge in [0.05, 0.1) is 4.90 Å². The topological polar surface area (TPSA) is 99.6 Å². The molecule has 0 fully saturated rings. The maximum Gasteiger partial charge on any atom is 0.243 e. The van der Waals surface area contributed by atoms with E-state index in [1.807, 2.05) is 0 Å². The molecule has 8 heteroatoms. The molecule has 1 aromatic heterocycles. The maximum atomic E-state index is 12.4. The van der Waals surface area contributed by atoms with E-state index in [2.05, 4.69) is 10.3 Å². The third-order valence-electron chi connectivity index (χ3n) is 3.95. The van der Waals surface area contributed by atoms with E-state index in [0.717, 1.165) is 5.56 Å². The highest BCUT2D eigenvalue weighted by Crippen LogP contribution is 2.19. The Balaban J connectivity index is 1.97. The second kappa shape index (κ2) is 8.77. The van der Waals surface area contributed by atoms with Crippen LogP contribution in [0.1, 0.15) is 25.8 Å². The van der Waals surface area contributed by atoms with E-state index in [9.17, 15) is 18.3 Å². The molecule has 2 aromatic rings. The Labute approximate surface area is 153 Å². The highest BCUT2D eigenvalue weighted by Gasteiger charge is 2.21. The number of anilines is 1. The first-order chi connectivity index (χ1) is 12.4. The summed E-state index contributed by atoms with van der Waals surface area (Å²) in [4.78, 5) is 16.1. The van der Waals surface area contributed by atoms with Gasteiger partial charge in [0.25, 0.3) is 0 Å². The minimum Gasteiger partial charge on any atom is -0.504 e. The van der Waals surface area contributed by atoms with Crippen molar-refractivity contribution >= 4 is 21.7 Å². The molecule has 2 N–H and O–H groups in total. The molecule has 26 heavy (non-hydrogen) atoms. The number of nitrogens with one attached hydrogen (secondary N) is 1. The monoisotopic (exact) mass is 377 g/mol. The predicted octanol–water partition coefficient (Wildman–Crippen LogP) is 2.39. The van der Waals surface area contributed by atoms with Gasteiger partial charge in [-0.2, -0.15) is 4.31 Å². The van der Waals surface area contributed by atoms with Crippen LogP contribution in [0.25, 0.3) is 0 Å². The first-order valence-electron chi connectivity index (χ1n) is 8.41. The van der Waals surface area contributed by atoms with Gasteiger partial charge in [-0.25, -0.2) is 13.4 Å². The summed E-state index contributed by atoms with van der Waals surface area (Å²) in [6.45, 7) is 4.43. The average molecular weight is 377 g/mol. The fourth-order valence-corrected chi connectivity index (χ4v) is 3.94. The van der Waals surface area contributed by atoms with E-state index < -0.39 is 10.0 Å². The van der Waals surface area contributed by atoms with Gasteiger partial charge in [0.2, 0.25) is 15.9 Å². The van der Waals surface area contributed by atoms with Gasteiger partial charge in [0.15, 0.2) is 11.6 Å². The number of nitrogens with zero attached hydrogens (tertiary/aromatic N) is 2. The Morgan fingerprint density at radius 1 is 1.15 bits per heavy atom. The largest absolute Gasteiger partial charge is 0.504 e. The van der Waals surface area contributed by atoms with Gasteiger partial charge in [-0.05, 0) is 36.2 Å². The average Bonchev–Trinajstić information content (AvgIpc) is 2.63. The van der Waals surface area contributed by atoms with Crippen LogP contribution in [0, 0.1) is 0 Å². The third-order valence-corrected chi connectivity index (χ3v) is 6.02. The van der Waals surface area contributed by atoms with Crippen LogP contribution >= 0.6 is 0 Å². The van der Waals surface area contributed by atoms with E-state index in [4.69, 9.17) is 0 Å². The van der Waals surface area contributed by atoms with Gasteiger partial charge >= 0.3 is 0 Å². The molecule has 0 spiro atoms. The number of aryl methyl sites for hydroxylation is 1. The molecular formula is C18H23N3O4S. The Hall–Kier alpha value is -2.45. The van der Waals surface area contributed by atoms with Gasteiger partial charge in [-0.15, -0.1) is 0 Å². The van der Waals surface area contributed by atoms with Crippen LogP contribution in [-0.2, 0) is 21.2 Å². The Bertz CT molecular complexity index is 847. The van der Waals surface area contributed by atoms with Crippen LogP contribution in [0.3, 0.4) is 0 Å². The van der Waals surface area contributed by atoms with Gasteiger partial charge in [-0.3, -0.25) is 4.79 Å². The zero-order chi connectivity index (χ0) is 19.2. The van der Waals surface area contributed by atoms with Crippen LogP contribution in [0.4, 0.5) is 5.82 Å². The summed E-state index contributed by atoms with van der Waals surface area (Å²) >= 11 is 0. The SMILES string of the molecule is CCN(CC)S(=O)(=O)c1ccc(CCC(=O)Nc2ncccc2O)cc1. The zero-order valence-electron chi connectivity index (χ0n) is 14.8. The Morgan fingerprint density at radius 3 is 2.38 bits per heavy atom. The number of amides is 1. The zero-order valence-corrected chi connectivity index (χ0v) is 15.7. The summed E-state index contributed by atoms with van der Waals surface area (Å²) in [6, 6.07) is 9.55. The molecule has 1 aromatic carbocycles. The van der Waals surface area contributed by atoms with Gasteiger partial charge in [0.1, 0.15) is 0 Å². The molecule has 0 saturated heterocycles. The molecule has 0 bridgehead atoms. The lowest BCUT2D eigenvalue weighted by atomic mass is 10.1. The summed E-state index contributed by atoms with van der Waals surface area (Å²) in [5, 5.41) is 12.1. The van der Waals surface area contributed by atoms with Gasteiger partial charge in [0, 0.05) is 25.7 Å². The molecular weight excluding hydrogens is 354 g/mol. The quantitative estimate of drug-likeness (QED) is 0.736. The minimum atomic E-state index is -3.48. The normalized spacial score (nSPS) is 11.5. The molecule has 0 saturated carbocycles. The van der Waals surface area contributed by atoms with Crippen molar-refractivity contribution in [3.8, 4) is 5.75 Å². The van der Waals surface area contributed by atoms with Crippen molar-refractivity contribution < 1.29 is 18.3 Å². The van der Waals surface area contributed by atoms with Crippen molar-refractivity contribution in [2.24, 2.45) is 0 Å². The number of hydrogen-bond donors (Lipinski definition) is 2. The van der Waals surface area contributed by atoms with Gasteiger partial charge in [-0.1, -0.05) is 26.0 Å². The standard InChI is InChI=1S/C18H23N3O4S/c1-3-21(4-2)26(24,25)15-10-7-14(8-11-15)9-12-17(23)20-18-16(22)6-5-13-19-18/h5-8,10-11,13,22H,3-4,9,12H2,1-2H3,(H,19,20,23). The maximum absolute atomic E-state index is 12.4. The third kappa shape index (κ3) is 4.80. The predicted molar refractivity (Wildman–Crippen MR) is 99.4 cm³/mol. The Kier molecular flexibility index (Phi) is 6.70. The highest BCUT2D eigenvalue weighted by molar-refractivity contribution is 7.89. The number of pyridine rings is 1. The lowest BCUT2D eigenvalue weighted by Gasteiger charge is -2.18. The molecule has 140 valence electrons. The molecule has 0 unspecified atom stereocenters. The summed E-state index contributed by atoms with van der Waals surface area (Å²) < 4.78 is 26.3. The summed E-state index contributed by atoms with van der Waals surface area (Å²) in [6.07, 6.45) is 2.12. The number of carbonyl (C=O) groups is 1. The number of hydrogen-bond acceptors (Lipinski definition) is 5. The fourth-order valence-electron chi connectivity index (χ4n) is 2.49. The second-order valence-electron chi connectivity index (χ2n) is 5.65. The number of aromatic hydroxyl groups is 1. The van der Waals surface area contributed by atoms with Crippen molar-refractivity contribution in [1.82, 2.24) is 9.29 Å². The molecule has 1 heterocycles. The number of aromatic nitrogens is 1. The highest BCUT2D eigenvalue weighted by atomic mass is 32.2. The first-order valence-corrected chi connectivity index (χ1v) is 9.85. The lowest BCUT2D eigenvalue weighted by molar-refractivity contribution is -0.116. The van der Waals surface area contributed by atoms with Crippen molar-refractivity contribution in [3.63, 3.8) is 0 Å². The van der Waals surface area contributed by atoms with Gasteiger partial charge < -0.3 is 10.4 Å². The molecule has 7 nitrogen and oxygen atoms in total. The number of rotatable bonds is 8. The number of carbonyl (C=O) groups excluding carboxylic acids is 1. The molecule has 0 radical (unpaired) electrons. The molecule has 0 aliphatic carbocycles. The van der Waals surface area contributed by atoms with E-state index in [0.29, 0.717) is 19.5 Å². The molecule has 0 aliphatic heterocycles. The lowest BCUT2D eigenvalue weighted by Crippen LogP contribution is -2.30. The molecule has 1 amide bonds. The summed E-state index contributed by atoms with van der Waals surface area (Å²) in [7, 11) is -3.48. The fraction of sp³-hybridized carbons (Fsp3) is 0.333. The second-order valence-corrected chi connectivity index (χ2v) is 7.59. The van der Waals surface area contributed by atoms with Crippen LogP contribution in [-0.4, -0.2) is 41.8 Å². The minimum absolute atomic E-state index is 0.0909. The van der Waals surface area contributed by atoms with E-state index in [1.165, 1.54) is 16.6 Å². The van der Waals surface area contributed by atoms with Crippen LogP contribution in [0.5, 0.6) is 5.75 Å². The van der Waals surface area contributed by atoms with Crippen molar-refractivity contribution in [3.05, 3.63) is 48.2 Å². The van der Waals surface area contributed by atoms with E-state index in [1.54, 1.807) is 44.2 Å². The number of benzene rings is 1. The summed E-state index contributed by atoms with van der Waals surface area (Å²) in [5.74, 6) is -0.246. The van der Waals surface area contributed by atoms with E-state index >= 15 is 0 Å². The first kappa shape index (κ1) is 19.9. The smallest absolute Gasteiger partial charge is 0.243 e. The van der Waals surface area contributed by atoms with Crippen molar-refractivity contribution in [2.45, 2.75) is 31.6 Å². The van der Waals surface area contributed by atoms with Crippen LogP contribution in [0.15, 0.2) is 47.5 Å². The van der Waals surface area contributed by atoms with Crippen LogP contribution in [0.2, 0.25) is 0 Å². The molecule has 2 rings (SSSR count). The number of sulfonamides is 1. The van der Waals surface area contributed by atoms with E-state index in [-0.39, 0.29) is 28.8 Å². The van der Waals surface area contributed by atoms with Crippen LogP contribution < -0.4 is 5.32 Å². The summed E-state index contributed by atoms with van der Waals surface area (Å²) in [5.41, 5.74) is 0.851. The van der Waals surface area contributed by atoms with Crippen molar-refractivity contribution in [1.29, 1.82) is 0 Å². The molecule has 0 aliphatic rings. The van der Waals surface area contributed by atoms with Crippen molar-refractivity contribution in [2.75, 3.05) is 18.4 Å². The Morgan fingerprint density at radius 2 is 1.81 bits per heavy atom. The molecule has 0 atom stereocenters.